The minimum Gasteiger partial charge on any atom is -0.387 e. The molecule has 0 saturated carbocycles. The first-order chi connectivity index (χ1) is 12.6. The van der Waals surface area contributed by atoms with E-state index in [1.54, 1.807) is 23.9 Å². The number of aliphatic hydroxyl groups excluding tert-OH is 1. The number of benzene rings is 1. The number of rotatable bonds is 4. The maximum absolute atomic E-state index is 10.4. The zero-order chi connectivity index (χ0) is 18.5. The average Bonchev–Trinajstić information content (AvgIpc) is 3.09. The van der Waals surface area contributed by atoms with E-state index in [2.05, 4.69) is 20.3 Å². The number of morpholine rings is 1. The van der Waals surface area contributed by atoms with E-state index in [-0.39, 0.29) is 6.10 Å². The minimum atomic E-state index is -0.640. The second kappa shape index (κ2) is 8.53. The van der Waals surface area contributed by atoms with E-state index in [4.69, 9.17) is 16.3 Å². The predicted octanol–water partition coefficient (Wildman–Crippen LogP) is 1.76. The molecule has 2 unspecified atom stereocenters. The van der Waals surface area contributed by atoms with Gasteiger partial charge in [-0.3, -0.25) is 9.67 Å². The summed E-state index contributed by atoms with van der Waals surface area (Å²) >= 11 is 5.89. The highest BCUT2D eigenvalue weighted by Gasteiger charge is 2.25. The Morgan fingerprint density at radius 3 is 2.88 bits per heavy atom. The van der Waals surface area contributed by atoms with E-state index in [1.165, 1.54) is 0 Å². The summed E-state index contributed by atoms with van der Waals surface area (Å²) in [6.45, 7) is 2.40. The molecule has 140 valence electrons. The summed E-state index contributed by atoms with van der Waals surface area (Å²) in [5.74, 6) is 0.746. The fraction of sp³-hybridized carbons (Fsp3) is 0.444. The number of halogens is 1. The quantitative estimate of drug-likeness (QED) is 0.627. The van der Waals surface area contributed by atoms with Gasteiger partial charge in [-0.2, -0.15) is 5.10 Å². The number of aliphatic imine (C=N–C) groups is 1. The number of ether oxygens (including phenoxy) is 1. The molecule has 1 aromatic carbocycles. The number of hydrogen-bond donors (Lipinski definition) is 2. The van der Waals surface area contributed by atoms with Crippen LogP contribution < -0.4 is 5.32 Å². The Bertz CT molecular complexity index is 746. The highest BCUT2D eigenvalue weighted by atomic mass is 35.5. The van der Waals surface area contributed by atoms with Crippen LogP contribution in [0.1, 0.15) is 23.3 Å². The van der Waals surface area contributed by atoms with Gasteiger partial charge in [-0.05, 0) is 17.7 Å². The third-order valence-corrected chi connectivity index (χ3v) is 4.63. The van der Waals surface area contributed by atoms with Crippen LogP contribution in [0.2, 0.25) is 5.02 Å². The smallest absolute Gasteiger partial charge is 0.193 e. The van der Waals surface area contributed by atoms with Crippen molar-refractivity contribution in [3.63, 3.8) is 0 Å². The van der Waals surface area contributed by atoms with Crippen molar-refractivity contribution in [3.8, 4) is 0 Å². The monoisotopic (exact) mass is 377 g/mol. The lowest BCUT2D eigenvalue weighted by molar-refractivity contribution is -0.00821. The summed E-state index contributed by atoms with van der Waals surface area (Å²) in [7, 11) is 3.63. The summed E-state index contributed by atoms with van der Waals surface area (Å²) < 4.78 is 7.64. The Kier molecular flexibility index (Phi) is 6.13. The summed E-state index contributed by atoms with van der Waals surface area (Å²) in [4.78, 5) is 6.48. The van der Waals surface area contributed by atoms with E-state index in [1.807, 2.05) is 31.6 Å². The molecule has 1 aromatic heterocycles. The largest absolute Gasteiger partial charge is 0.387 e. The number of aromatic nitrogens is 2. The second-order valence-electron chi connectivity index (χ2n) is 6.25. The van der Waals surface area contributed by atoms with Gasteiger partial charge in [0.15, 0.2) is 5.96 Å². The normalized spacial score (nSPS) is 19.5. The Labute approximate surface area is 158 Å². The highest BCUT2D eigenvalue weighted by Crippen LogP contribution is 2.22. The average molecular weight is 378 g/mol. The van der Waals surface area contributed by atoms with Crippen molar-refractivity contribution in [3.05, 3.63) is 52.8 Å². The van der Waals surface area contributed by atoms with Crippen LogP contribution in [0.15, 0.2) is 41.7 Å². The molecule has 0 amide bonds. The van der Waals surface area contributed by atoms with E-state index in [0.29, 0.717) is 24.7 Å². The maximum Gasteiger partial charge on any atom is 0.193 e. The topological polar surface area (TPSA) is 74.9 Å². The zero-order valence-electron chi connectivity index (χ0n) is 15.0. The van der Waals surface area contributed by atoms with Crippen LogP contribution in [0, 0.1) is 0 Å². The Morgan fingerprint density at radius 1 is 1.46 bits per heavy atom. The van der Waals surface area contributed by atoms with Gasteiger partial charge < -0.3 is 20.1 Å². The predicted molar refractivity (Wildman–Crippen MR) is 101 cm³/mol. The van der Waals surface area contributed by atoms with Gasteiger partial charge in [0.05, 0.1) is 25.5 Å². The van der Waals surface area contributed by atoms with Crippen LogP contribution in [0.4, 0.5) is 0 Å². The van der Waals surface area contributed by atoms with E-state index < -0.39 is 6.10 Å². The number of nitrogens with one attached hydrogen (secondary N) is 1. The number of nitrogens with zero attached hydrogens (tertiary/aromatic N) is 4. The van der Waals surface area contributed by atoms with Crippen molar-refractivity contribution in [2.75, 3.05) is 33.3 Å². The second-order valence-corrected chi connectivity index (χ2v) is 6.68. The first-order valence-electron chi connectivity index (χ1n) is 8.56. The molecule has 1 saturated heterocycles. The van der Waals surface area contributed by atoms with Crippen LogP contribution in [0.3, 0.4) is 0 Å². The fourth-order valence-electron chi connectivity index (χ4n) is 2.97. The van der Waals surface area contributed by atoms with Gasteiger partial charge >= 0.3 is 0 Å². The molecule has 2 N–H and O–H groups in total. The molecule has 3 rings (SSSR count). The van der Waals surface area contributed by atoms with Gasteiger partial charge in [0.2, 0.25) is 0 Å². The molecule has 2 aromatic rings. The lowest BCUT2D eigenvalue weighted by Gasteiger charge is -2.35. The summed E-state index contributed by atoms with van der Waals surface area (Å²) in [5.41, 5.74) is 1.86. The molecule has 0 radical (unpaired) electrons. The van der Waals surface area contributed by atoms with Crippen LogP contribution in [0.25, 0.3) is 0 Å². The molecule has 0 bridgehead atoms. The van der Waals surface area contributed by atoms with Gasteiger partial charge in [0.1, 0.15) is 6.10 Å². The van der Waals surface area contributed by atoms with E-state index in [9.17, 15) is 5.11 Å². The molecule has 7 nitrogen and oxygen atoms in total. The van der Waals surface area contributed by atoms with E-state index in [0.717, 1.165) is 23.6 Å². The number of aryl methyl sites for hydroxylation is 1. The summed E-state index contributed by atoms with van der Waals surface area (Å²) in [6, 6.07) is 7.19. The van der Waals surface area contributed by atoms with Crippen molar-refractivity contribution in [2.24, 2.45) is 12.0 Å². The fourth-order valence-corrected chi connectivity index (χ4v) is 3.10. The maximum atomic E-state index is 10.4. The third-order valence-electron chi connectivity index (χ3n) is 4.38. The zero-order valence-corrected chi connectivity index (χ0v) is 15.7. The van der Waals surface area contributed by atoms with Crippen LogP contribution in [0.5, 0.6) is 0 Å². The van der Waals surface area contributed by atoms with Crippen molar-refractivity contribution < 1.29 is 9.84 Å². The van der Waals surface area contributed by atoms with Gasteiger partial charge in [0.25, 0.3) is 0 Å². The minimum absolute atomic E-state index is 0.0443. The Balaban J connectivity index is 1.58. The van der Waals surface area contributed by atoms with Crippen molar-refractivity contribution in [1.82, 2.24) is 20.0 Å². The number of guanidine groups is 1. The van der Waals surface area contributed by atoms with Gasteiger partial charge in [-0.25, -0.2) is 0 Å². The number of aliphatic hydroxyl groups is 1. The van der Waals surface area contributed by atoms with E-state index >= 15 is 0 Å². The molecule has 1 fully saturated rings. The molecule has 2 heterocycles. The molecular weight excluding hydrogens is 354 g/mol. The van der Waals surface area contributed by atoms with Crippen LogP contribution >= 0.6 is 11.6 Å². The number of hydrogen-bond acceptors (Lipinski definition) is 4. The molecule has 1 aliphatic heterocycles. The van der Waals surface area contributed by atoms with Gasteiger partial charge in [0, 0.05) is 44.0 Å². The van der Waals surface area contributed by atoms with Gasteiger partial charge in [-0.1, -0.05) is 23.7 Å². The van der Waals surface area contributed by atoms with Crippen molar-refractivity contribution in [1.29, 1.82) is 0 Å². The van der Waals surface area contributed by atoms with Crippen LogP contribution in [-0.2, 0) is 11.8 Å². The summed E-state index contributed by atoms with van der Waals surface area (Å²) in [5, 5.41) is 18.5. The molecule has 26 heavy (non-hydrogen) atoms. The molecule has 2 atom stereocenters. The first-order valence-corrected chi connectivity index (χ1v) is 8.94. The molecule has 0 aliphatic carbocycles. The summed E-state index contributed by atoms with van der Waals surface area (Å²) in [6.07, 6.45) is 3.11. The first kappa shape index (κ1) is 18.7. The van der Waals surface area contributed by atoms with Crippen molar-refractivity contribution in [2.45, 2.75) is 12.2 Å². The molecule has 0 spiro atoms. The SMILES string of the molecule is CN=C(NCC(O)c1ccc(Cl)cc1)N1CCOC(c2cnn(C)c2)C1. The van der Waals surface area contributed by atoms with Gasteiger partial charge in [-0.15, -0.1) is 0 Å². The lowest BCUT2D eigenvalue weighted by atomic mass is 10.1. The third kappa shape index (κ3) is 4.55. The molecule has 1 aliphatic rings. The van der Waals surface area contributed by atoms with Crippen molar-refractivity contribution >= 4 is 17.6 Å². The van der Waals surface area contributed by atoms with Crippen LogP contribution in [-0.4, -0.2) is 59.0 Å². The Morgan fingerprint density at radius 2 is 2.23 bits per heavy atom. The lowest BCUT2D eigenvalue weighted by Crippen LogP contribution is -2.48. The molecule has 8 heteroatoms. The molecular formula is C18H24ClN5O2. The highest BCUT2D eigenvalue weighted by molar-refractivity contribution is 6.30. The standard InChI is InChI=1S/C18H24ClN5O2/c1-20-18(21-10-16(25)13-3-5-15(19)6-4-13)24-7-8-26-17(12-24)14-9-22-23(2)11-14/h3-6,9,11,16-17,25H,7-8,10,12H2,1-2H3,(H,20,21). The Hall–Kier alpha value is -2.09.